The lowest BCUT2D eigenvalue weighted by Gasteiger charge is -2.33. The summed E-state index contributed by atoms with van der Waals surface area (Å²) in [5.74, 6) is 0.0829. The van der Waals surface area contributed by atoms with E-state index in [2.05, 4.69) is 4.98 Å². The lowest BCUT2D eigenvalue weighted by atomic mass is 10.1. The first-order valence-corrected chi connectivity index (χ1v) is 7.76. The number of carbonyl (C=O) groups excluding carboxylic acids is 1. The standard InChI is InChI=1S/C18H20N2O3/c1-13-9-15(21)11-16(19-13)17-12-20(7-8-23-17)18(22)10-14-5-3-2-4-6-14/h2-6,9,11,17H,7-8,10,12H2,1H3,(H,19,21). The van der Waals surface area contributed by atoms with E-state index >= 15 is 0 Å². The zero-order valence-corrected chi connectivity index (χ0v) is 13.1. The fourth-order valence-corrected chi connectivity index (χ4v) is 2.83. The minimum atomic E-state index is -0.281. The maximum Gasteiger partial charge on any atom is 0.227 e. The molecular weight excluding hydrogens is 292 g/mol. The van der Waals surface area contributed by atoms with Gasteiger partial charge in [0.15, 0.2) is 5.43 Å². The van der Waals surface area contributed by atoms with Crippen LogP contribution in [-0.2, 0) is 16.0 Å². The number of H-pyrrole nitrogens is 1. The number of hydrogen-bond donors (Lipinski definition) is 1. The highest BCUT2D eigenvalue weighted by Crippen LogP contribution is 2.20. The molecule has 0 aliphatic carbocycles. The first kappa shape index (κ1) is 15.5. The number of pyridine rings is 1. The smallest absolute Gasteiger partial charge is 0.227 e. The Hall–Kier alpha value is -2.40. The number of nitrogens with one attached hydrogen (secondary N) is 1. The second kappa shape index (κ2) is 6.79. The number of carbonyl (C=O) groups is 1. The van der Waals surface area contributed by atoms with Crippen molar-refractivity contribution < 1.29 is 9.53 Å². The number of morpholine rings is 1. The van der Waals surface area contributed by atoms with Gasteiger partial charge in [0, 0.05) is 30.1 Å². The maximum absolute atomic E-state index is 12.5. The summed E-state index contributed by atoms with van der Waals surface area (Å²) in [5.41, 5.74) is 2.48. The largest absolute Gasteiger partial charge is 0.368 e. The lowest BCUT2D eigenvalue weighted by molar-refractivity contribution is -0.138. The van der Waals surface area contributed by atoms with E-state index in [9.17, 15) is 9.59 Å². The average Bonchev–Trinajstić information content (AvgIpc) is 2.55. The van der Waals surface area contributed by atoms with Crippen LogP contribution in [0.25, 0.3) is 0 Å². The van der Waals surface area contributed by atoms with E-state index in [1.54, 1.807) is 12.1 Å². The second-order valence-electron chi connectivity index (χ2n) is 5.82. The summed E-state index contributed by atoms with van der Waals surface area (Å²) in [6, 6.07) is 12.8. The number of nitrogens with zero attached hydrogens (tertiary/aromatic N) is 1. The van der Waals surface area contributed by atoms with Gasteiger partial charge in [-0.3, -0.25) is 9.59 Å². The van der Waals surface area contributed by atoms with E-state index in [-0.39, 0.29) is 17.4 Å². The Morgan fingerprint density at radius 3 is 2.83 bits per heavy atom. The Morgan fingerprint density at radius 1 is 1.30 bits per heavy atom. The van der Waals surface area contributed by atoms with Crippen molar-refractivity contribution in [3.8, 4) is 0 Å². The van der Waals surface area contributed by atoms with Crippen LogP contribution in [0.3, 0.4) is 0 Å². The second-order valence-corrected chi connectivity index (χ2v) is 5.82. The van der Waals surface area contributed by atoms with Crippen molar-refractivity contribution in [2.75, 3.05) is 19.7 Å². The number of aromatic amines is 1. The third-order valence-corrected chi connectivity index (χ3v) is 3.96. The van der Waals surface area contributed by atoms with Crippen LogP contribution < -0.4 is 5.43 Å². The van der Waals surface area contributed by atoms with Crippen LogP contribution in [0.2, 0.25) is 0 Å². The van der Waals surface area contributed by atoms with Crippen molar-refractivity contribution in [3.05, 3.63) is 69.6 Å². The third kappa shape index (κ3) is 3.87. The molecule has 1 aliphatic heterocycles. The van der Waals surface area contributed by atoms with E-state index in [1.165, 1.54) is 0 Å². The predicted molar refractivity (Wildman–Crippen MR) is 87.2 cm³/mol. The molecule has 1 aliphatic rings. The molecule has 1 atom stereocenters. The summed E-state index contributed by atoms with van der Waals surface area (Å²) >= 11 is 0. The molecule has 1 aromatic carbocycles. The molecule has 5 heteroatoms. The van der Waals surface area contributed by atoms with Gasteiger partial charge >= 0.3 is 0 Å². The fourth-order valence-electron chi connectivity index (χ4n) is 2.83. The Labute approximate surface area is 134 Å². The number of hydrogen-bond acceptors (Lipinski definition) is 3. The average molecular weight is 312 g/mol. The minimum absolute atomic E-state index is 0.0485. The lowest BCUT2D eigenvalue weighted by Crippen LogP contribution is -2.43. The maximum atomic E-state index is 12.5. The first-order valence-electron chi connectivity index (χ1n) is 7.76. The SMILES string of the molecule is Cc1cc(=O)cc(C2CN(C(=O)Cc3ccccc3)CCO2)[nH]1. The summed E-state index contributed by atoms with van der Waals surface area (Å²) in [5, 5.41) is 0. The highest BCUT2D eigenvalue weighted by Gasteiger charge is 2.26. The number of aromatic nitrogens is 1. The van der Waals surface area contributed by atoms with Crippen molar-refractivity contribution in [2.24, 2.45) is 0 Å². The molecule has 3 rings (SSSR count). The van der Waals surface area contributed by atoms with Crippen LogP contribution in [0.4, 0.5) is 0 Å². The molecule has 5 nitrogen and oxygen atoms in total. The van der Waals surface area contributed by atoms with Gasteiger partial charge in [-0.1, -0.05) is 30.3 Å². The van der Waals surface area contributed by atoms with Crippen molar-refractivity contribution in [1.82, 2.24) is 9.88 Å². The molecule has 1 unspecified atom stereocenters. The summed E-state index contributed by atoms with van der Waals surface area (Å²) in [7, 11) is 0. The molecule has 0 radical (unpaired) electrons. The van der Waals surface area contributed by atoms with Gasteiger partial charge in [-0.2, -0.15) is 0 Å². The fraction of sp³-hybridized carbons (Fsp3) is 0.333. The monoisotopic (exact) mass is 312 g/mol. The molecule has 23 heavy (non-hydrogen) atoms. The molecule has 0 bridgehead atoms. The van der Waals surface area contributed by atoms with E-state index in [1.807, 2.05) is 42.2 Å². The van der Waals surface area contributed by atoms with Gasteiger partial charge in [-0.25, -0.2) is 0 Å². The predicted octanol–water partition coefficient (Wildman–Crippen LogP) is 1.83. The number of benzene rings is 1. The van der Waals surface area contributed by atoms with Gasteiger partial charge in [0.05, 0.1) is 19.6 Å². The highest BCUT2D eigenvalue weighted by molar-refractivity contribution is 5.78. The first-order chi connectivity index (χ1) is 11.1. The Kier molecular flexibility index (Phi) is 4.57. The summed E-state index contributed by atoms with van der Waals surface area (Å²) in [6.07, 6.45) is 0.105. The van der Waals surface area contributed by atoms with E-state index in [0.717, 1.165) is 17.0 Å². The van der Waals surface area contributed by atoms with Crippen LogP contribution in [0.1, 0.15) is 23.1 Å². The topological polar surface area (TPSA) is 62.4 Å². The Balaban J connectivity index is 1.70. The molecular formula is C18H20N2O3. The molecule has 1 saturated heterocycles. The number of rotatable bonds is 3. The van der Waals surface area contributed by atoms with Gasteiger partial charge in [0.1, 0.15) is 6.10 Å². The molecule has 0 spiro atoms. The normalized spacial score (nSPS) is 18.0. The van der Waals surface area contributed by atoms with Crippen LogP contribution in [-0.4, -0.2) is 35.5 Å². The van der Waals surface area contributed by atoms with Crippen molar-refractivity contribution in [3.63, 3.8) is 0 Å². The van der Waals surface area contributed by atoms with Gasteiger partial charge in [-0.15, -0.1) is 0 Å². The Morgan fingerprint density at radius 2 is 2.09 bits per heavy atom. The molecule has 120 valence electrons. The van der Waals surface area contributed by atoms with E-state index < -0.39 is 0 Å². The molecule has 1 fully saturated rings. The van der Waals surface area contributed by atoms with E-state index in [4.69, 9.17) is 4.74 Å². The zero-order valence-electron chi connectivity index (χ0n) is 13.1. The van der Waals surface area contributed by atoms with Crippen LogP contribution in [0.5, 0.6) is 0 Å². The quantitative estimate of drug-likeness (QED) is 0.940. The summed E-state index contributed by atoms with van der Waals surface area (Å²) in [6.45, 7) is 3.36. The molecule has 2 heterocycles. The minimum Gasteiger partial charge on any atom is -0.368 e. The third-order valence-electron chi connectivity index (χ3n) is 3.96. The van der Waals surface area contributed by atoms with Crippen LogP contribution in [0, 0.1) is 6.92 Å². The molecule has 0 saturated carbocycles. The summed E-state index contributed by atoms with van der Waals surface area (Å²) in [4.78, 5) is 29.1. The van der Waals surface area contributed by atoms with Gasteiger partial charge in [0.2, 0.25) is 5.91 Å². The number of aryl methyl sites for hydroxylation is 1. The van der Waals surface area contributed by atoms with Gasteiger partial charge in [-0.05, 0) is 12.5 Å². The van der Waals surface area contributed by atoms with E-state index in [0.29, 0.717) is 26.1 Å². The molecule has 1 N–H and O–H groups in total. The van der Waals surface area contributed by atoms with Crippen molar-refractivity contribution >= 4 is 5.91 Å². The van der Waals surface area contributed by atoms with Gasteiger partial charge < -0.3 is 14.6 Å². The van der Waals surface area contributed by atoms with Crippen LogP contribution in [0.15, 0.2) is 47.3 Å². The summed E-state index contributed by atoms with van der Waals surface area (Å²) < 4.78 is 5.74. The number of ether oxygens (including phenoxy) is 1. The van der Waals surface area contributed by atoms with Crippen LogP contribution >= 0.6 is 0 Å². The molecule has 1 amide bonds. The van der Waals surface area contributed by atoms with Crippen molar-refractivity contribution in [1.29, 1.82) is 0 Å². The zero-order chi connectivity index (χ0) is 16.2. The Bertz CT molecular complexity index is 739. The molecule has 1 aromatic heterocycles. The van der Waals surface area contributed by atoms with Crippen molar-refractivity contribution in [2.45, 2.75) is 19.4 Å². The van der Waals surface area contributed by atoms with Gasteiger partial charge in [0.25, 0.3) is 0 Å². The number of amides is 1. The molecule has 2 aromatic rings. The highest BCUT2D eigenvalue weighted by atomic mass is 16.5.